The van der Waals surface area contributed by atoms with E-state index < -0.39 is 11.2 Å². The Morgan fingerprint density at radius 2 is 1.46 bits per heavy atom. The van der Waals surface area contributed by atoms with Gasteiger partial charge in [0.05, 0.1) is 5.60 Å². The first-order valence-electron chi connectivity index (χ1n) is 9.64. The lowest BCUT2D eigenvalue weighted by molar-refractivity contribution is -0.0133. The van der Waals surface area contributed by atoms with Gasteiger partial charge in [0.15, 0.2) is 0 Å². The number of nitrogens with two attached hydrogens (primary N) is 1. The van der Waals surface area contributed by atoms with Crippen molar-refractivity contribution in [3.05, 3.63) is 71.3 Å². The zero-order valence-electron chi connectivity index (χ0n) is 16.8. The Labute approximate surface area is 159 Å². The first kappa shape index (κ1) is 20.7. The summed E-state index contributed by atoms with van der Waals surface area (Å²) >= 11 is 0. The number of rotatable bonds is 5. The Bertz CT molecular complexity index is 672. The molecule has 1 fully saturated rings. The number of hydrogen-bond donors (Lipinski definition) is 1. The van der Waals surface area contributed by atoms with Crippen LogP contribution in [0.5, 0.6) is 0 Å². The monoisotopic (exact) mass is 353 g/mol. The van der Waals surface area contributed by atoms with Crippen molar-refractivity contribution in [2.24, 2.45) is 5.73 Å². The van der Waals surface area contributed by atoms with E-state index in [9.17, 15) is 0 Å². The molecule has 2 N–H and O–H groups in total. The van der Waals surface area contributed by atoms with E-state index in [1.807, 2.05) is 19.9 Å². The van der Waals surface area contributed by atoms with E-state index in [2.05, 4.69) is 69.3 Å². The van der Waals surface area contributed by atoms with Crippen molar-refractivity contribution in [3.63, 3.8) is 0 Å². The largest absolute Gasteiger partial charge is 0.458 e. The minimum absolute atomic E-state index is 0.195. The molecule has 1 saturated heterocycles. The van der Waals surface area contributed by atoms with Crippen LogP contribution in [0.2, 0.25) is 6.32 Å². The molecule has 0 saturated carbocycles. The van der Waals surface area contributed by atoms with Crippen LogP contribution in [-0.4, -0.2) is 12.7 Å². The van der Waals surface area contributed by atoms with Crippen LogP contribution in [0.15, 0.2) is 54.6 Å². The molecule has 2 aromatic carbocycles. The highest BCUT2D eigenvalue weighted by Crippen LogP contribution is 2.45. The maximum Gasteiger partial charge on any atom is 0.458 e. The standard InChI is InChI=1S/C20H26BNO2.C2H6/c1-19(2)20(3,18-11-9-17(15-22)10-12-18)24-21(23-19)14-13-16-7-5-4-6-8-16;1-2/h4-12H,13-15,22H2,1-3H3;1-2H3. The van der Waals surface area contributed by atoms with Crippen molar-refractivity contribution in [2.45, 2.75) is 65.1 Å². The van der Waals surface area contributed by atoms with Crippen LogP contribution in [0.3, 0.4) is 0 Å². The van der Waals surface area contributed by atoms with Crippen LogP contribution >= 0.6 is 0 Å². The van der Waals surface area contributed by atoms with Gasteiger partial charge in [0.2, 0.25) is 0 Å². The predicted molar refractivity (Wildman–Crippen MR) is 110 cm³/mol. The summed E-state index contributed by atoms with van der Waals surface area (Å²) in [6.07, 6.45) is 1.80. The van der Waals surface area contributed by atoms with Crippen LogP contribution in [0.4, 0.5) is 0 Å². The fourth-order valence-corrected chi connectivity index (χ4v) is 3.29. The van der Waals surface area contributed by atoms with E-state index in [1.54, 1.807) is 0 Å². The second kappa shape index (κ2) is 8.85. The maximum absolute atomic E-state index is 6.39. The third kappa shape index (κ3) is 4.37. The molecular weight excluding hydrogens is 321 g/mol. The van der Waals surface area contributed by atoms with E-state index >= 15 is 0 Å². The molecule has 0 radical (unpaired) electrons. The molecule has 0 aliphatic carbocycles. The quantitative estimate of drug-likeness (QED) is 0.774. The van der Waals surface area contributed by atoms with Gasteiger partial charge >= 0.3 is 7.12 Å². The fourth-order valence-electron chi connectivity index (χ4n) is 3.29. The highest BCUT2D eigenvalue weighted by atomic mass is 16.7. The van der Waals surface area contributed by atoms with Crippen molar-refractivity contribution < 1.29 is 9.31 Å². The van der Waals surface area contributed by atoms with E-state index in [1.165, 1.54) is 5.56 Å². The summed E-state index contributed by atoms with van der Waals surface area (Å²) in [4.78, 5) is 0. The summed E-state index contributed by atoms with van der Waals surface area (Å²) in [5, 5.41) is 0. The third-order valence-corrected chi connectivity index (χ3v) is 5.19. The van der Waals surface area contributed by atoms with Crippen LogP contribution < -0.4 is 5.73 Å². The number of hydrogen-bond acceptors (Lipinski definition) is 3. The van der Waals surface area contributed by atoms with Gasteiger partial charge in [-0.1, -0.05) is 68.4 Å². The summed E-state index contributed by atoms with van der Waals surface area (Å²) in [5.41, 5.74) is 8.40. The van der Waals surface area contributed by atoms with Crippen molar-refractivity contribution in [1.82, 2.24) is 0 Å². The summed E-state index contributed by atoms with van der Waals surface area (Å²) in [5.74, 6) is 0. The summed E-state index contributed by atoms with van der Waals surface area (Å²) in [7, 11) is -0.195. The zero-order chi connectivity index (χ0) is 19.2. The van der Waals surface area contributed by atoms with Crippen molar-refractivity contribution in [3.8, 4) is 0 Å². The maximum atomic E-state index is 6.39. The molecule has 26 heavy (non-hydrogen) atoms. The normalized spacial score (nSPS) is 21.2. The topological polar surface area (TPSA) is 44.5 Å². The Kier molecular flexibility index (Phi) is 7.04. The molecule has 2 aromatic rings. The molecule has 1 heterocycles. The number of aryl methyl sites for hydroxylation is 1. The SMILES string of the molecule is CC.CC1(C)OB(CCc2ccccc2)OC1(C)c1ccc(CN)cc1. The van der Waals surface area contributed by atoms with Gasteiger partial charge in [0.25, 0.3) is 0 Å². The second-order valence-corrected chi connectivity index (χ2v) is 7.13. The van der Waals surface area contributed by atoms with Crippen LogP contribution in [0.1, 0.15) is 51.3 Å². The average molecular weight is 353 g/mol. The molecular formula is C22H32BNO2. The molecule has 3 nitrogen and oxygen atoms in total. The second-order valence-electron chi connectivity index (χ2n) is 7.13. The molecule has 1 atom stereocenters. The third-order valence-electron chi connectivity index (χ3n) is 5.19. The van der Waals surface area contributed by atoms with Crippen LogP contribution in [-0.2, 0) is 27.9 Å². The highest BCUT2D eigenvalue weighted by molar-refractivity contribution is 6.45. The van der Waals surface area contributed by atoms with Crippen molar-refractivity contribution >= 4 is 7.12 Å². The Hall–Kier alpha value is -1.62. The zero-order valence-corrected chi connectivity index (χ0v) is 16.8. The van der Waals surface area contributed by atoms with E-state index in [4.69, 9.17) is 15.0 Å². The minimum atomic E-state index is -0.471. The smallest absolute Gasteiger partial charge is 0.403 e. The summed E-state index contributed by atoms with van der Waals surface area (Å²) in [6.45, 7) is 10.9. The molecule has 0 bridgehead atoms. The van der Waals surface area contributed by atoms with Crippen molar-refractivity contribution in [1.29, 1.82) is 0 Å². The fraction of sp³-hybridized carbons (Fsp3) is 0.455. The van der Waals surface area contributed by atoms with E-state index in [-0.39, 0.29) is 7.12 Å². The van der Waals surface area contributed by atoms with E-state index in [0.717, 1.165) is 23.9 Å². The number of benzene rings is 2. The Morgan fingerprint density at radius 1 is 0.846 bits per heavy atom. The van der Waals surface area contributed by atoms with Gasteiger partial charge in [-0.25, -0.2) is 0 Å². The summed E-state index contributed by atoms with van der Waals surface area (Å²) < 4.78 is 12.6. The van der Waals surface area contributed by atoms with Crippen LogP contribution in [0, 0.1) is 0 Å². The highest BCUT2D eigenvalue weighted by Gasteiger charge is 2.54. The van der Waals surface area contributed by atoms with Gasteiger partial charge in [-0.15, -0.1) is 0 Å². The Balaban J connectivity index is 0.00000117. The lowest BCUT2D eigenvalue weighted by Crippen LogP contribution is -2.42. The molecule has 1 aliphatic heterocycles. The van der Waals surface area contributed by atoms with Gasteiger partial charge in [-0.05, 0) is 50.2 Å². The molecule has 0 aromatic heterocycles. The van der Waals surface area contributed by atoms with Crippen molar-refractivity contribution in [2.75, 3.05) is 0 Å². The molecule has 4 heteroatoms. The first-order valence-corrected chi connectivity index (χ1v) is 9.64. The molecule has 3 rings (SSSR count). The molecule has 0 spiro atoms. The summed E-state index contributed by atoms with van der Waals surface area (Å²) in [6, 6.07) is 18.8. The van der Waals surface area contributed by atoms with Gasteiger partial charge in [0, 0.05) is 6.54 Å². The minimum Gasteiger partial charge on any atom is -0.403 e. The molecule has 1 unspecified atom stereocenters. The Morgan fingerprint density at radius 3 is 2.04 bits per heavy atom. The molecule has 0 amide bonds. The first-order chi connectivity index (χ1) is 12.4. The molecule has 140 valence electrons. The van der Waals surface area contributed by atoms with E-state index in [0.29, 0.717) is 6.54 Å². The average Bonchev–Trinajstić information content (AvgIpc) is 2.92. The van der Waals surface area contributed by atoms with Gasteiger partial charge in [-0.3, -0.25) is 0 Å². The van der Waals surface area contributed by atoms with Gasteiger partial charge < -0.3 is 15.0 Å². The van der Waals surface area contributed by atoms with Gasteiger partial charge in [-0.2, -0.15) is 0 Å². The molecule has 1 aliphatic rings. The lowest BCUT2D eigenvalue weighted by Gasteiger charge is -2.37. The van der Waals surface area contributed by atoms with Crippen LogP contribution in [0.25, 0.3) is 0 Å². The predicted octanol–water partition coefficient (Wildman–Crippen LogP) is 4.94. The van der Waals surface area contributed by atoms with Gasteiger partial charge in [0.1, 0.15) is 5.60 Å². The lowest BCUT2D eigenvalue weighted by atomic mass is 9.80.